The molecule has 2 heterocycles. The van der Waals surface area contributed by atoms with Crippen molar-refractivity contribution in [2.24, 2.45) is 0 Å². The topological polar surface area (TPSA) is 117 Å². The molecule has 10 nitrogen and oxygen atoms in total. The Morgan fingerprint density at radius 2 is 2.15 bits per heavy atom. The molecule has 10 heteroatoms. The molecule has 1 amide bonds. The van der Waals surface area contributed by atoms with Gasteiger partial charge >= 0.3 is 5.69 Å². The molecule has 0 aliphatic carbocycles. The van der Waals surface area contributed by atoms with E-state index in [1.807, 2.05) is 24.3 Å². The number of carbonyl (C=O) groups excluding carboxylic acids is 1. The number of nitrogens with zero attached hydrogens (tertiary/aromatic N) is 5. The Kier molecular flexibility index (Phi) is 5.15. The van der Waals surface area contributed by atoms with E-state index in [1.165, 1.54) is 17.1 Å². The van der Waals surface area contributed by atoms with E-state index in [0.717, 1.165) is 17.5 Å². The van der Waals surface area contributed by atoms with E-state index in [-0.39, 0.29) is 11.6 Å². The van der Waals surface area contributed by atoms with Crippen LogP contribution in [-0.2, 0) is 11.3 Å². The van der Waals surface area contributed by atoms with Gasteiger partial charge in [-0.1, -0.05) is 12.1 Å². The molecule has 0 unspecified atom stereocenters. The second-order valence-corrected chi connectivity index (χ2v) is 5.88. The van der Waals surface area contributed by atoms with Crippen LogP contribution in [0.1, 0.15) is 18.5 Å². The van der Waals surface area contributed by atoms with E-state index in [1.54, 1.807) is 24.9 Å². The second kappa shape index (κ2) is 7.68. The fraction of sp³-hybridized carbons (Fsp3) is 0.235. The highest BCUT2D eigenvalue weighted by molar-refractivity contribution is 5.93. The van der Waals surface area contributed by atoms with Gasteiger partial charge in [-0.05, 0) is 24.6 Å². The van der Waals surface area contributed by atoms with Crippen molar-refractivity contribution >= 4 is 17.3 Å². The van der Waals surface area contributed by atoms with Crippen molar-refractivity contribution < 1.29 is 14.5 Å². The zero-order valence-corrected chi connectivity index (χ0v) is 14.8. The Balaban J connectivity index is 1.63. The van der Waals surface area contributed by atoms with Crippen LogP contribution in [0.4, 0.5) is 11.4 Å². The lowest BCUT2D eigenvalue weighted by Crippen LogP contribution is -2.23. The minimum Gasteiger partial charge on any atom is -0.497 e. The van der Waals surface area contributed by atoms with Crippen molar-refractivity contribution in [3.63, 3.8) is 0 Å². The molecule has 0 bridgehead atoms. The summed E-state index contributed by atoms with van der Waals surface area (Å²) in [6, 6.07) is 6.91. The molecule has 1 aromatic carbocycles. The van der Waals surface area contributed by atoms with Gasteiger partial charge in [0.25, 0.3) is 0 Å². The Hall–Kier alpha value is -3.69. The van der Waals surface area contributed by atoms with Gasteiger partial charge in [0.1, 0.15) is 24.2 Å². The van der Waals surface area contributed by atoms with Gasteiger partial charge in [0.15, 0.2) is 0 Å². The lowest BCUT2D eigenvalue weighted by Gasteiger charge is -2.10. The van der Waals surface area contributed by atoms with Gasteiger partial charge in [0.2, 0.25) is 5.91 Å². The lowest BCUT2D eigenvalue weighted by molar-refractivity contribution is -0.385. The number of ether oxygens (including phenoxy) is 1. The first-order valence-electron chi connectivity index (χ1n) is 8.11. The Morgan fingerprint density at radius 3 is 2.85 bits per heavy atom. The summed E-state index contributed by atoms with van der Waals surface area (Å²) in [4.78, 5) is 22.5. The Morgan fingerprint density at radius 1 is 1.33 bits per heavy atom. The summed E-state index contributed by atoms with van der Waals surface area (Å²) >= 11 is 0. The van der Waals surface area contributed by atoms with Gasteiger partial charge in [0.05, 0.1) is 30.5 Å². The highest BCUT2D eigenvalue weighted by Gasteiger charge is 2.19. The minimum atomic E-state index is -0.708. The standard InChI is InChI=1S/C17H18N6O4/c1-12(22-11-15(8-19-22)23(25)26)17(24)20-14-7-18-21(10-14)9-13-4-3-5-16(6-13)27-2/h3-8,10-12H,9H2,1-2H3,(H,20,24)/t12-/m1/s1. The predicted octanol–water partition coefficient (Wildman–Crippen LogP) is 2.24. The van der Waals surface area contributed by atoms with Crippen LogP contribution in [0.15, 0.2) is 49.1 Å². The molecular formula is C17H18N6O4. The maximum Gasteiger partial charge on any atom is 0.307 e. The van der Waals surface area contributed by atoms with Gasteiger partial charge < -0.3 is 10.1 Å². The van der Waals surface area contributed by atoms with Gasteiger partial charge in [-0.2, -0.15) is 10.2 Å². The van der Waals surface area contributed by atoms with Gasteiger partial charge in [-0.25, -0.2) is 0 Å². The van der Waals surface area contributed by atoms with Crippen molar-refractivity contribution in [2.75, 3.05) is 12.4 Å². The average Bonchev–Trinajstić information content (AvgIpc) is 3.31. The first-order valence-corrected chi connectivity index (χ1v) is 8.11. The van der Waals surface area contributed by atoms with Crippen LogP contribution in [0.25, 0.3) is 0 Å². The molecule has 1 atom stereocenters. The lowest BCUT2D eigenvalue weighted by atomic mass is 10.2. The quantitative estimate of drug-likeness (QED) is 0.503. The number of aromatic nitrogens is 4. The highest BCUT2D eigenvalue weighted by Crippen LogP contribution is 2.17. The number of hydrogen-bond donors (Lipinski definition) is 1. The smallest absolute Gasteiger partial charge is 0.307 e. The van der Waals surface area contributed by atoms with Crippen molar-refractivity contribution in [1.29, 1.82) is 0 Å². The number of nitro groups is 1. The molecule has 0 saturated carbocycles. The van der Waals surface area contributed by atoms with Crippen LogP contribution in [0.5, 0.6) is 5.75 Å². The summed E-state index contributed by atoms with van der Waals surface area (Å²) in [6.07, 6.45) is 5.57. The van der Waals surface area contributed by atoms with Crippen molar-refractivity contribution in [3.8, 4) is 5.75 Å². The maximum absolute atomic E-state index is 12.3. The number of anilines is 1. The SMILES string of the molecule is COc1cccc(Cn2cc(NC(=O)[C@@H](C)n3cc([N+](=O)[O-])cn3)cn2)c1. The van der Waals surface area contributed by atoms with E-state index in [4.69, 9.17) is 4.74 Å². The summed E-state index contributed by atoms with van der Waals surface area (Å²) in [6.45, 7) is 2.13. The zero-order chi connectivity index (χ0) is 19.4. The number of carbonyl (C=O) groups is 1. The molecular weight excluding hydrogens is 352 g/mol. The van der Waals surface area contributed by atoms with Crippen molar-refractivity contribution in [1.82, 2.24) is 19.6 Å². The van der Waals surface area contributed by atoms with Crippen LogP contribution in [0, 0.1) is 10.1 Å². The highest BCUT2D eigenvalue weighted by atomic mass is 16.6. The van der Waals surface area contributed by atoms with Crippen LogP contribution in [-0.4, -0.2) is 37.5 Å². The summed E-state index contributed by atoms with van der Waals surface area (Å²) < 4.78 is 8.13. The first-order chi connectivity index (χ1) is 13.0. The summed E-state index contributed by atoms with van der Waals surface area (Å²) in [5.41, 5.74) is 1.37. The normalized spacial score (nSPS) is 11.8. The molecule has 0 spiro atoms. The van der Waals surface area contributed by atoms with Crippen LogP contribution in [0.3, 0.4) is 0 Å². The average molecular weight is 370 g/mol. The summed E-state index contributed by atoms with van der Waals surface area (Å²) in [5.74, 6) is 0.407. The molecule has 140 valence electrons. The Labute approximate surface area is 154 Å². The number of benzene rings is 1. The van der Waals surface area contributed by atoms with Crippen LogP contribution in [0.2, 0.25) is 0 Å². The molecule has 27 heavy (non-hydrogen) atoms. The molecule has 1 N–H and O–H groups in total. The number of methoxy groups -OCH3 is 1. The van der Waals surface area contributed by atoms with Crippen molar-refractivity contribution in [3.05, 3.63) is 64.7 Å². The summed E-state index contributed by atoms with van der Waals surface area (Å²) in [5, 5.41) is 21.5. The van der Waals surface area contributed by atoms with Crippen LogP contribution < -0.4 is 10.1 Å². The molecule has 0 radical (unpaired) electrons. The molecule has 2 aromatic heterocycles. The van der Waals surface area contributed by atoms with Gasteiger partial charge in [0, 0.05) is 6.20 Å². The molecule has 3 rings (SSSR count). The summed E-state index contributed by atoms with van der Waals surface area (Å²) in [7, 11) is 1.61. The molecule has 0 aliphatic rings. The van der Waals surface area contributed by atoms with E-state index in [2.05, 4.69) is 15.5 Å². The molecule has 0 fully saturated rings. The van der Waals surface area contributed by atoms with E-state index in [9.17, 15) is 14.9 Å². The molecule has 0 aliphatic heterocycles. The Bertz CT molecular complexity index is 964. The number of hydrogen-bond acceptors (Lipinski definition) is 6. The first kappa shape index (κ1) is 18.1. The third kappa shape index (κ3) is 4.29. The monoisotopic (exact) mass is 370 g/mol. The minimum absolute atomic E-state index is 0.166. The van der Waals surface area contributed by atoms with E-state index in [0.29, 0.717) is 12.2 Å². The van der Waals surface area contributed by atoms with Gasteiger partial charge in [-0.15, -0.1) is 0 Å². The number of amides is 1. The maximum atomic E-state index is 12.3. The predicted molar refractivity (Wildman–Crippen MR) is 96.5 cm³/mol. The van der Waals surface area contributed by atoms with Gasteiger partial charge in [-0.3, -0.25) is 24.3 Å². The zero-order valence-electron chi connectivity index (χ0n) is 14.8. The fourth-order valence-electron chi connectivity index (χ4n) is 2.47. The largest absolute Gasteiger partial charge is 0.497 e. The number of nitrogens with one attached hydrogen (secondary N) is 1. The van der Waals surface area contributed by atoms with Crippen molar-refractivity contribution in [2.45, 2.75) is 19.5 Å². The third-order valence-electron chi connectivity index (χ3n) is 3.95. The van der Waals surface area contributed by atoms with E-state index < -0.39 is 11.0 Å². The third-order valence-corrected chi connectivity index (χ3v) is 3.95. The fourth-order valence-corrected chi connectivity index (χ4v) is 2.47. The molecule has 3 aromatic rings. The second-order valence-electron chi connectivity index (χ2n) is 5.88. The molecule has 0 saturated heterocycles. The van der Waals surface area contributed by atoms with Crippen LogP contribution >= 0.6 is 0 Å². The van der Waals surface area contributed by atoms with E-state index >= 15 is 0 Å². The number of rotatable bonds is 7.